The highest BCUT2D eigenvalue weighted by molar-refractivity contribution is 5.91. The average Bonchev–Trinajstić information content (AvgIpc) is 3.10. The normalized spacial score (nSPS) is 18.5. The molecule has 1 aliphatic rings. The van der Waals surface area contributed by atoms with Crippen LogP contribution >= 0.6 is 0 Å². The average molecular weight is 258 g/mol. The van der Waals surface area contributed by atoms with Gasteiger partial charge >= 0.3 is 0 Å². The summed E-state index contributed by atoms with van der Waals surface area (Å²) in [6.45, 7) is 1.27. The second kappa shape index (κ2) is 5.14. The summed E-state index contributed by atoms with van der Waals surface area (Å²) in [4.78, 5) is 17.8. The van der Waals surface area contributed by atoms with Gasteiger partial charge in [0.05, 0.1) is 12.8 Å². The minimum absolute atomic E-state index is 0.0290. The van der Waals surface area contributed by atoms with Crippen LogP contribution in [-0.2, 0) is 0 Å². The van der Waals surface area contributed by atoms with E-state index in [9.17, 15) is 4.79 Å². The van der Waals surface area contributed by atoms with Gasteiger partial charge in [-0.3, -0.25) is 9.78 Å². The number of ether oxygens (including phenoxy) is 1. The quantitative estimate of drug-likeness (QED) is 0.844. The van der Waals surface area contributed by atoms with Crippen molar-refractivity contribution in [2.45, 2.75) is 12.5 Å². The van der Waals surface area contributed by atoms with E-state index in [1.807, 2.05) is 12.1 Å². The molecule has 1 amide bonds. The van der Waals surface area contributed by atoms with Gasteiger partial charge in [-0.1, -0.05) is 0 Å². The molecule has 0 radical (unpaired) electrons. The first kappa shape index (κ1) is 11.8. The molecule has 1 aliphatic heterocycles. The molecular formula is C14H14N2O3. The molecule has 0 spiro atoms. The van der Waals surface area contributed by atoms with E-state index < -0.39 is 0 Å². The maximum absolute atomic E-state index is 12.1. The van der Waals surface area contributed by atoms with Crippen LogP contribution in [0.4, 0.5) is 0 Å². The molecule has 2 aromatic heterocycles. The van der Waals surface area contributed by atoms with Crippen LogP contribution in [0.3, 0.4) is 0 Å². The maximum Gasteiger partial charge on any atom is 0.289 e. The van der Waals surface area contributed by atoms with Crippen molar-refractivity contribution in [1.82, 2.24) is 9.88 Å². The largest absolute Gasteiger partial charge is 0.488 e. The number of hydrogen-bond acceptors (Lipinski definition) is 4. The smallest absolute Gasteiger partial charge is 0.289 e. The minimum atomic E-state index is -0.0779. The van der Waals surface area contributed by atoms with Crippen molar-refractivity contribution in [3.63, 3.8) is 0 Å². The monoisotopic (exact) mass is 258 g/mol. The predicted molar refractivity (Wildman–Crippen MR) is 67.9 cm³/mol. The molecule has 0 bridgehead atoms. The summed E-state index contributed by atoms with van der Waals surface area (Å²) in [7, 11) is 0. The van der Waals surface area contributed by atoms with E-state index in [0.717, 1.165) is 12.2 Å². The van der Waals surface area contributed by atoms with Crippen LogP contribution in [0.5, 0.6) is 5.75 Å². The van der Waals surface area contributed by atoms with Crippen LogP contribution in [0.25, 0.3) is 0 Å². The van der Waals surface area contributed by atoms with Crippen LogP contribution in [0.2, 0.25) is 0 Å². The fourth-order valence-electron chi connectivity index (χ4n) is 2.17. The molecule has 1 saturated heterocycles. The maximum atomic E-state index is 12.1. The van der Waals surface area contributed by atoms with Gasteiger partial charge in [0.15, 0.2) is 5.76 Å². The van der Waals surface area contributed by atoms with E-state index in [1.165, 1.54) is 6.26 Å². The lowest BCUT2D eigenvalue weighted by Crippen LogP contribution is -2.30. The molecule has 5 heteroatoms. The van der Waals surface area contributed by atoms with Crippen LogP contribution in [0, 0.1) is 0 Å². The van der Waals surface area contributed by atoms with Crippen molar-refractivity contribution in [2.75, 3.05) is 13.1 Å². The number of rotatable bonds is 3. The second-order valence-corrected chi connectivity index (χ2v) is 4.44. The van der Waals surface area contributed by atoms with E-state index in [0.29, 0.717) is 18.8 Å². The number of carbonyl (C=O) groups excluding carboxylic acids is 1. The van der Waals surface area contributed by atoms with Crippen molar-refractivity contribution >= 4 is 5.91 Å². The Kier molecular flexibility index (Phi) is 3.18. The van der Waals surface area contributed by atoms with Crippen molar-refractivity contribution in [3.05, 3.63) is 48.7 Å². The molecular weight excluding hydrogens is 244 g/mol. The van der Waals surface area contributed by atoms with Gasteiger partial charge in [0.25, 0.3) is 5.91 Å². The fraction of sp³-hybridized carbons (Fsp3) is 0.286. The van der Waals surface area contributed by atoms with Gasteiger partial charge in [-0.2, -0.15) is 0 Å². The van der Waals surface area contributed by atoms with Gasteiger partial charge < -0.3 is 14.1 Å². The Bertz CT molecular complexity index is 539. The Morgan fingerprint density at radius 3 is 2.95 bits per heavy atom. The summed E-state index contributed by atoms with van der Waals surface area (Å²) in [5.74, 6) is 1.09. The Morgan fingerprint density at radius 2 is 2.21 bits per heavy atom. The van der Waals surface area contributed by atoms with E-state index in [2.05, 4.69) is 4.98 Å². The molecule has 5 nitrogen and oxygen atoms in total. The lowest BCUT2D eigenvalue weighted by Gasteiger charge is -2.16. The van der Waals surface area contributed by atoms with Gasteiger partial charge in [-0.25, -0.2) is 0 Å². The van der Waals surface area contributed by atoms with Gasteiger partial charge in [0.1, 0.15) is 11.9 Å². The zero-order valence-electron chi connectivity index (χ0n) is 10.4. The molecule has 3 rings (SSSR count). The topological polar surface area (TPSA) is 55.6 Å². The van der Waals surface area contributed by atoms with Crippen molar-refractivity contribution < 1.29 is 13.9 Å². The molecule has 0 N–H and O–H groups in total. The lowest BCUT2D eigenvalue weighted by molar-refractivity contribution is 0.0741. The second-order valence-electron chi connectivity index (χ2n) is 4.44. The molecule has 19 heavy (non-hydrogen) atoms. The zero-order valence-corrected chi connectivity index (χ0v) is 10.4. The number of aromatic nitrogens is 1. The first-order chi connectivity index (χ1) is 9.33. The number of hydrogen-bond donors (Lipinski definition) is 0. The molecule has 98 valence electrons. The number of amides is 1. The number of carbonyl (C=O) groups is 1. The Balaban J connectivity index is 1.60. The van der Waals surface area contributed by atoms with E-state index in [-0.39, 0.29) is 12.0 Å². The van der Waals surface area contributed by atoms with E-state index in [4.69, 9.17) is 9.15 Å². The van der Waals surface area contributed by atoms with Crippen molar-refractivity contribution in [1.29, 1.82) is 0 Å². The number of furan rings is 1. The van der Waals surface area contributed by atoms with Gasteiger partial charge in [-0.15, -0.1) is 0 Å². The van der Waals surface area contributed by atoms with Crippen molar-refractivity contribution in [2.24, 2.45) is 0 Å². The van der Waals surface area contributed by atoms with E-state index >= 15 is 0 Å². The first-order valence-corrected chi connectivity index (χ1v) is 6.22. The van der Waals surface area contributed by atoms with Gasteiger partial charge in [0, 0.05) is 25.4 Å². The highest BCUT2D eigenvalue weighted by Crippen LogP contribution is 2.19. The standard InChI is InChI=1S/C14H14N2O3/c17-14(13-2-1-9-18-13)16-8-5-12(10-16)19-11-3-6-15-7-4-11/h1-4,6-7,9,12H,5,8,10H2/t12-/m1/s1. The molecule has 1 fully saturated rings. The summed E-state index contributed by atoms with van der Waals surface area (Å²) >= 11 is 0. The SMILES string of the molecule is O=C(c1ccco1)N1CC[C@@H](Oc2ccncc2)C1. The number of likely N-dealkylation sites (tertiary alicyclic amines) is 1. The predicted octanol–water partition coefficient (Wildman–Crippen LogP) is 1.97. The highest BCUT2D eigenvalue weighted by atomic mass is 16.5. The third-order valence-corrected chi connectivity index (χ3v) is 3.12. The molecule has 3 heterocycles. The molecule has 1 atom stereocenters. The molecule has 0 saturated carbocycles. The molecule has 0 unspecified atom stereocenters. The van der Waals surface area contributed by atoms with Crippen LogP contribution in [-0.4, -0.2) is 35.0 Å². The van der Waals surface area contributed by atoms with Gasteiger partial charge in [0.2, 0.25) is 0 Å². The first-order valence-electron chi connectivity index (χ1n) is 6.22. The third kappa shape index (κ3) is 2.59. The molecule has 2 aromatic rings. The number of pyridine rings is 1. The Labute approximate surface area is 110 Å². The Hall–Kier alpha value is -2.30. The Morgan fingerprint density at radius 1 is 1.37 bits per heavy atom. The summed E-state index contributed by atoms with van der Waals surface area (Å²) < 4.78 is 10.9. The summed E-state index contributed by atoms with van der Waals surface area (Å²) in [6.07, 6.45) is 5.75. The lowest BCUT2D eigenvalue weighted by atomic mass is 10.3. The van der Waals surface area contributed by atoms with Crippen LogP contribution in [0.1, 0.15) is 17.0 Å². The summed E-state index contributed by atoms with van der Waals surface area (Å²) in [6, 6.07) is 7.03. The van der Waals surface area contributed by atoms with Gasteiger partial charge in [-0.05, 0) is 24.3 Å². The molecule has 0 aliphatic carbocycles. The number of nitrogens with zero attached hydrogens (tertiary/aromatic N) is 2. The van der Waals surface area contributed by atoms with Crippen molar-refractivity contribution in [3.8, 4) is 5.75 Å². The van der Waals surface area contributed by atoms with Crippen LogP contribution in [0.15, 0.2) is 47.3 Å². The minimum Gasteiger partial charge on any atom is -0.488 e. The van der Waals surface area contributed by atoms with E-state index in [1.54, 1.807) is 29.4 Å². The third-order valence-electron chi connectivity index (χ3n) is 3.12. The highest BCUT2D eigenvalue weighted by Gasteiger charge is 2.29. The fourth-order valence-corrected chi connectivity index (χ4v) is 2.17. The summed E-state index contributed by atoms with van der Waals surface area (Å²) in [5, 5.41) is 0. The van der Waals surface area contributed by atoms with Crippen LogP contribution < -0.4 is 4.74 Å². The zero-order chi connectivity index (χ0) is 13.1. The molecule has 0 aromatic carbocycles. The summed E-state index contributed by atoms with van der Waals surface area (Å²) in [5.41, 5.74) is 0.